The SMILES string of the molecule is COc1ccc2c(ccn2S(=O)(=O)c2ccccc2C)c1CN(C)C. The maximum Gasteiger partial charge on any atom is 0.268 e. The Morgan fingerprint density at radius 2 is 1.80 bits per heavy atom. The quantitative estimate of drug-likeness (QED) is 0.702. The van der Waals surface area contributed by atoms with Gasteiger partial charge in [-0.25, -0.2) is 12.4 Å². The van der Waals surface area contributed by atoms with Gasteiger partial charge in [0.2, 0.25) is 0 Å². The Morgan fingerprint density at radius 3 is 2.44 bits per heavy atom. The van der Waals surface area contributed by atoms with Crippen molar-refractivity contribution in [2.24, 2.45) is 0 Å². The van der Waals surface area contributed by atoms with Gasteiger partial charge in [0.05, 0.1) is 17.5 Å². The van der Waals surface area contributed by atoms with E-state index in [2.05, 4.69) is 0 Å². The van der Waals surface area contributed by atoms with Crippen molar-refractivity contribution < 1.29 is 13.2 Å². The fourth-order valence-electron chi connectivity index (χ4n) is 3.06. The molecule has 1 aromatic heterocycles. The van der Waals surface area contributed by atoms with Crippen LogP contribution in [0, 0.1) is 6.92 Å². The van der Waals surface area contributed by atoms with Crippen molar-refractivity contribution in [1.82, 2.24) is 8.87 Å². The van der Waals surface area contributed by atoms with E-state index in [0.717, 1.165) is 22.3 Å². The van der Waals surface area contributed by atoms with E-state index in [0.29, 0.717) is 17.0 Å². The Kier molecular flexibility index (Phi) is 4.58. The van der Waals surface area contributed by atoms with E-state index in [-0.39, 0.29) is 0 Å². The maximum absolute atomic E-state index is 13.1. The monoisotopic (exact) mass is 358 g/mol. The smallest absolute Gasteiger partial charge is 0.268 e. The van der Waals surface area contributed by atoms with Gasteiger partial charge in [-0.05, 0) is 50.8 Å². The number of rotatable bonds is 5. The lowest BCUT2D eigenvalue weighted by molar-refractivity contribution is 0.374. The van der Waals surface area contributed by atoms with Crippen molar-refractivity contribution >= 4 is 20.9 Å². The van der Waals surface area contributed by atoms with E-state index < -0.39 is 10.0 Å². The van der Waals surface area contributed by atoms with Gasteiger partial charge in [-0.3, -0.25) is 0 Å². The zero-order chi connectivity index (χ0) is 18.2. The molecule has 2 aromatic carbocycles. The largest absolute Gasteiger partial charge is 0.496 e. The zero-order valence-corrected chi connectivity index (χ0v) is 15.7. The number of benzene rings is 2. The number of aryl methyl sites for hydroxylation is 1. The van der Waals surface area contributed by atoms with Crippen LogP contribution in [0.15, 0.2) is 53.6 Å². The van der Waals surface area contributed by atoms with Gasteiger partial charge in [-0.1, -0.05) is 18.2 Å². The molecule has 25 heavy (non-hydrogen) atoms. The van der Waals surface area contributed by atoms with E-state index in [1.807, 2.05) is 37.2 Å². The highest BCUT2D eigenvalue weighted by molar-refractivity contribution is 7.90. The number of methoxy groups -OCH3 is 1. The molecule has 3 aromatic rings. The molecule has 0 saturated heterocycles. The molecule has 0 aliphatic carbocycles. The van der Waals surface area contributed by atoms with Crippen LogP contribution in [0.2, 0.25) is 0 Å². The molecule has 0 atom stereocenters. The zero-order valence-electron chi connectivity index (χ0n) is 14.9. The van der Waals surface area contributed by atoms with Crippen LogP contribution in [0.1, 0.15) is 11.1 Å². The second-order valence-corrected chi connectivity index (χ2v) is 8.08. The summed E-state index contributed by atoms with van der Waals surface area (Å²) in [5.74, 6) is 0.757. The molecular weight excluding hydrogens is 336 g/mol. The van der Waals surface area contributed by atoms with Crippen LogP contribution in [0.4, 0.5) is 0 Å². The topological polar surface area (TPSA) is 51.5 Å². The number of hydrogen-bond donors (Lipinski definition) is 0. The van der Waals surface area contributed by atoms with E-state index in [1.54, 1.807) is 44.5 Å². The average molecular weight is 358 g/mol. The fourth-order valence-corrected chi connectivity index (χ4v) is 4.64. The summed E-state index contributed by atoms with van der Waals surface area (Å²) in [6.07, 6.45) is 1.62. The normalized spacial score (nSPS) is 12.0. The third-order valence-corrected chi connectivity index (χ3v) is 6.08. The molecule has 5 nitrogen and oxygen atoms in total. The third-order valence-electron chi connectivity index (χ3n) is 4.23. The number of nitrogens with zero attached hydrogens (tertiary/aromatic N) is 2. The van der Waals surface area contributed by atoms with Crippen molar-refractivity contribution in [2.45, 2.75) is 18.4 Å². The first kappa shape index (κ1) is 17.5. The standard InChI is InChI=1S/C19H22N2O3S/c1-14-7-5-6-8-19(14)25(22,23)21-12-11-15-16(13-20(2)3)18(24-4)10-9-17(15)21/h5-12H,13H2,1-4H3. The van der Waals surface area contributed by atoms with Crippen molar-refractivity contribution in [3.63, 3.8) is 0 Å². The number of aromatic nitrogens is 1. The second kappa shape index (κ2) is 6.54. The van der Waals surface area contributed by atoms with Crippen LogP contribution in [-0.2, 0) is 16.6 Å². The molecule has 0 saturated carbocycles. The summed E-state index contributed by atoms with van der Waals surface area (Å²) >= 11 is 0. The summed E-state index contributed by atoms with van der Waals surface area (Å²) in [6, 6.07) is 12.5. The summed E-state index contributed by atoms with van der Waals surface area (Å²) < 4.78 is 33.1. The van der Waals surface area contributed by atoms with Crippen molar-refractivity contribution in [3.05, 3.63) is 59.8 Å². The Hall–Kier alpha value is -2.31. The van der Waals surface area contributed by atoms with Gasteiger partial charge < -0.3 is 9.64 Å². The average Bonchev–Trinajstić information content (AvgIpc) is 3.00. The first-order chi connectivity index (χ1) is 11.9. The molecule has 0 radical (unpaired) electrons. The van der Waals surface area contributed by atoms with Crippen molar-refractivity contribution in [3.8, 4) is 5.75 Å². The minimum atomic E-state index is -3.66. The number of ether oxygens (including phenoxy) is 1. The third kappa shape index (κ3) is 3.03. The van der Waals surface area contributed by atoms with E-state index in [1.165, 1.54) is 3.97 Å². The minimum absolute atomic E-state index is 0.317. The van der Waals surface area contributed by atoms with Crippen LogP contribution >= 0.6 is 0 Å². The van der Waals surface area contributed by atoms with Gasteiger partial charge in [-0.15, -0.1) is 0 Å². The molecule has 0 spiro atoms. The summed E-state index contributed by atoms with van der Waals surface area (Å²) in [6.45, 7) is 2.47. The van der Waals surface area contributed by atoms with Crippen LogP contribution < -0.4 is 4.74 Å². The molecule has 0 bridgehead atoms. The van der Waals surface area contributed by atoms with Crippen LogP contribution in [0.5, 0.6) is 5.75 Å². The lowest BCUT2D eigenvalue weighted by Crippen LogP contribution is -2.14. The van der Waals surface area contributed by atoms with Crippen LogP contribution in [-0.4, -0.2) is 38.5 Å². The highest BCUT2D eigenvalue weighted by Gasteiger charge is 2.22. The van der Waals surface area contributed by atoms with E-state index in [4.69, 9.17) is 4.74 Å². The fraction of sp³-hybridized carbons (Fsp3) is 0.263. The summed E-state index contributed by atoms with van der Waals surface area (Å²) in [7, 11) is 1.91. The van der Waals surface area contributed by atoms with Crippen molar-refractivity contribution in [2.75, 3.05) is 21.2 Å². The molecule has 3 rings (SSSR count). The van der Waals surface area contributed by atoms with Crippen LogP contribution in [0.3, 0.4) is 0 Å². The van der Waals surface area contributed by atoms with Crippen molar-refractivity contribution in [1.29, 1.82) is 0 Å². The Balaban J connectivity index is 2.24. The second-order valence-electron chi connectivity index (χ2n) is 6.30. The molecular formula is C19H22N2O3S. The van der Waals surface area contributed by atoms with Gasteiger partial charge in [0.25, 0.3) is 10.0 Å². The predicted molar refractivity (Wildman–Crippen MR) is 99.6 cm³/mol. The minimum Gasteiger partial charge on any atom is -0.496 e. The highest BCUT2D eigenvalue weighted by atomic mass is 32.2. The molecule has 1 heterocycles. The Bertz CT molecular complexity index is 1020. The Labute approximate surface area is 148 Å². The van der Waals surface area contributed by atoms with Gasteiger partial charge >= 0.3 is 0 Å². The first-order valence-electron chi connectivity index (χ1n) is 7.99. The summed E-state index contributed by atoms with van der Waals surface area (Å²) in [5.41, 5.74) is 2.36. The lowest BCUT2D eigenvalue weighted by Gasteiger charge is -2.15. The molecule has 0 aliphatic heterocycles. The Morgan fingerprint density at radius 1 is 1.08 bits per heavy atom. The molecule has 0 N–H and O–H groups in total. The molecule has 0 amide bonds. The molecule has 6 heteroatoms. The molecule has 0 unspecified atom stereocenters. The van der Waals surface area contributed by atoms with Gasteiger partial charge in [0.1, 0.15) is 5.75 Å². The number of hydrogen-bond acceptors (Lipinski definition) is 4. The lowest BCUT2D eigenvalue weighted by atomic mass is 10.1. The molecule has 0 fully saturated rings. The maximum atomic E-state index is 13.1. The summed E-state index contributed by atoms with van der Waals surface area (Å²) in [4.78, 5) is 2.35. The first-order valence-corrected chi connectivity index (χ1v) is 9.43. The van der Waals surface area contributed by atoms with Crippen LogP contribution in [0.25, 0.3) is 10.9 Å². The van der Waals surface area contributed by atoms with E-state index >= 15 is 0 Å². The van der Waals surface area contributed by atoms with Gasteiger partial charge in [0, 0.05) is 23.7 Å². The molecule has 132 valence electrons. The van der Waals surface area contributed by atoms with Gasteiger partial charge in [0.15, 0.2) is 0 Å². The summed E-state index contributed by atoms with van der Waals surface area (Å²) in [5, 5.41) is 0.880. The van der Waals surface area contributed by atoms with E-state index in [9.17, 15) is 8.42 Å². The predicted octanol–water partition coefficient (Wildman–Crippen LogP) is 3.26. The number of fused-ring (bicyclic) bond motifs is 1. The molecule has 0 aliphatic rings. The van der Waals surface area contributed by atoms with Gasteiger partial charge in [-0.2, -0.15) is 0 Å². The highest BCUT2D eigenvalue weighted by Crippen LogP contribution is 2.32.